The van der Waals surface area contributed by atoms with Crippen molar-refractivity contribution in [2.45, 2.75) is 73.6 Å². The molecule has 0 radical (unpaired) electrons. The van der Waals surface area contributed by atoms with Crippen molar-refractivity contribution < 1.29 is 74.4 Å². The highest BCUT2D eigenvalue weighted by Crippen LogP contribution is 2.43. The fourth-order valence-corrected chi connectivity index (χ4v) is 5.16. The van der Waals surface area contributed by atoms with Gasteiger partial charge in [0.1, 0.15) is 71.6 Å². The summed E-state index contributed by atoms with van der Waals surface area (Å²) >= 11 is 0. The predicted molar refractivity (Wildman–Crippen MR) is 135 cm³/mol. The molecule has 3 aliphatic rings. The maximum Gasteiger partial charge on any atom is 0.229 e. The first-order valence-electron chi connectivity index (χ1n) is 13.1. The van der Waals surface area contributed by atoms with Gasteiger partial charge in [-0.3, -0.25) is 4.79 Å². The van der Waals surface area contributed by atoms with E-state index in [9.17, 15) is 50.8 Å². The molecule has 2 unspecified atom stereocenters. The molecule has 2 aromatic rings. The SMILES string of the molecule is O=C1c2c(cc(O)cc2O[C@@H]2O[C@H](CO)[C@@H](O[C@@H]3O[C@H](CO)[C@H](O)[C@H](O)[C@H]3O)[C@H](O)[C@H]2O)OC(c2ccccc2)C1O. The van der Waals surface area contributed by atoms with Gasteiger partial charge in [0.25, 0.3) is 0 Å². The summed E-state index contributed by atoms with van der Waals surface area (Å²) in [4.78, 5) is 13.2. The van der Waals surface area contributed by atoms with Crippen molar-refractivity contribution in [1.29, 1.82) is 0 Å². The third-order valence-electron chi connectivity index (χ3n) is 7.44. The number of carbonyl (C=O) groups is 1. The van der Waals surface area contributed by atoms with Crippen LogP contribution in [0.5, 0.6) is 17.2 Å². The Kier molecular flexibility index (Phi) is 8.98. The number of hydrogen-bond donors (Lipinski definition) is 9. The summed E-state index contributed by atoms with van der Waals surface area (Å²) < 4.78 is 27.9. The van der Waals surface area contributed by atoms with Crippen LogP contribution in [0.25, 0.3) is 0 Å². The predicted octanol–water partition coefficient (Wildman–Crippen LogP) is -2.93. The third-order valence-corrected chi connectivity index (χ3v) is 7.44. The summed E-state index contributed by atoms with van der Waals surface area (Å²) in [6, 6.07) is 10.6. The summed E-state index contributed by atoms with van der Waals surface area (Å²) in [5, 5.41) is 92.4. The van der Waals surface area contributed by atoms with Crippen LogP contribution in [0.3, 0.4) is 0 Å². The molecule has 3 aliphatic heterocycles. The van der Waals surface area contributed by atoms with E-state index in [-0.39, 0.29) is 17.1 Å². The summed E-state index contributed by atoms with van der Waals surface area (Å²) in [5.41, 5.74) is 0.234. The topological polar surface area (TPSA) is 245 Å². The molecule has 0 spiro atoms. The zero-order valence-electron chi connectivity index (χ0n) is 21.9. The second kappa shape index (κ2) is 12.4. The van der Waals surface area contributed by atoms with Crippen LogP contribution in [-0.2, 0) is 14.2 Å². The Hall–Kier alpha value is -2.93. The first-order valence-corrected chi connectivity index (χ1v) is 13.1. The fraction of sp³-hybridized carbons (Fsp3) is 0.519. The largest absolute Gasteiger partial charge is 0.508 e. The van der Waals surface area contributed by atoms with Crippen molar-refractivity contribution in [1.82, 2.24) is 0 Å². The number of aliphatic hydroxyl groups is 8. The van der Waals surface area contributed by atoms with E-state index >= 15 is 0 Å². The number of aromatic hydroxyl groups is 1. The molecule has 12 atom stereocenters. The van der Waals surface area contributed by atoms with E-state index in [0.717, 1.165) is 12.1 Å². The molecule has 5 rings (SSSR count). The maximum absolute atomic E-state index is 13.2. The lowest BCUT2D eigenvalue weighted by atomic mass is 9.92. The van der Waals surface area contributed by atoms with E-state index in [4.69, 9.17) is 23.7 Å². The smallest absolute Gasteiger partial charge is 0.229 e. The third kappa shape index (κ3) is 5.57. The highest BCUT2D eigenvalue weighted by atomic mass is 16.7. The molecular formula is C27H32O15. The molecule has 0 aromatic heterocycles. The van der Waals surface area contributed by atoms with Gasteiger partial charge in [-0.2, -0.15) is 0 Å². The number of phenolic OH excluding ortho intramolecular Hbond substituents is 1. The van der Waals surface area contributed by atoms with Crippen LogP contribution in [0, 0.1) is 0 Å². The standard InChI is InChI=1S/C27H32O15/c28-8-14-17(31)19(33)22(36)27(40-14)42-25-15(9-29)41-26(23(37)21(25)35)39-13-7-11(30)6-12-16(13)18(32)20(34)24(38-12)10-4-2-1-3-5-10/h1-7,14-15,17,19-31,33-37H,8-9H2/t14-,15-,17+,19+,20?,21-,22-,23-,24?,25-,26-,27+/m1/s1. The molecule has 0 amide bonds. The van der Waals surface area contributed by atoms with E-state index < -0.39 is 98.4 Å². The Bertz CT molecular complexity index is 1240. The van der Waals surface area contributed by atoms with Crippen LogP contribution in [-0.4, -0.2) is 132 Å². The number of benzene rings is 2. The highest BCUT2D eigenvalue weighted by molar-refractivity contribution is 6.05. The van der Waals surface area contributed by atoms with Gasteiger partial charge in [0.2, 0.25) is 12.1 Å². The average Bonchev–Trinajstić information content (AvgIpc) is 2.98. The Morgan fingerprint density at radius 2 is 1.40 bits per heavy atom. The number of hydrogen-bond acceptors (Lipinski definition) is 15. The van der Waals surface area contributed by atoms with E-state index in [0.29, 0.717) is 5.56 Å². The number of rotatable bonds is 7. The van der Waals surface area contributed by atoms with E-state index in [1.807, 2.05) is 0 Å². The summed E-state index contributed by atoms with van der Waals surface area (Å²) in [5.74, 6) is -1.69. The van der Waals surface area contributed by atoms with Crippen LogP contribution < -0.4 is 9.47 Å². The van der Waals surface area contributed by atoms with Crippen LogP contribution in [0.15, 0.2) is 42.5 Å². The molecule has 0 aliphatic carbocycles. The average molecular weight is 597 g/mol. The van der Waals surface area contributed by atoms with Gasteiger partial charge in [-0.15, -0.1) is 0 Å². The summed E-state index contributed by atoms with van der Waals surface area (Å²) in [6.45, 7) is -1.56. The molecule has 9 N–H and O–H groups in total. The van der Waals surface area contributed by atoms with Crippen molar-refractivity contribution in [2.24, 2.45) is 0 Å². The number of fused-ring (bicyclic) bond motifs is 1. The molecule has 15 heteroatoms. The zero-order chi connectivity index (χ0) is 30.3. The molecule has 2 aromatic carbocycles. The Morgan fingerprint density at radius 3 is 2.07 bits per heavy atom. The monoisotopic (exact) mass is 596 g/mol. The van der Waals surface area contributed by atoms with Crippen molar-refractivity contribution in [3.05, 3.63) is 53.6 Å². The lowest BCUT2D eigenvalue weighted by Crippen LogP contribution is -2.65. The molecular weight excluding hydrogens is 564 g/mol. The lowest BCUT2D eigenvalue weighted by Gasteiger charge is -2.46. The van der Waals surface area contributed by atoms with Gasteiger partial charge >= 0.3 is 0 Å². The number of Topliss-reactive ketones (excluding diaryl/α,β-unsaturated/α-hetero) is 1. The number of aliphatic hydroxyl groups excluding tert-OH is 8. The van der Waals surface area contributed by atoms with Gasteiger partial charge in [-0.25, -0.2) is 0 Å². The van der Waals surface area contributed by atoms with Gasteiger partial charge in [0.05, 0.1) is 13.2 Å². The molecule has 42 heavy (non-hydrogen) atoms. The molecule has 2 saturated heterocycles. The highest BCUT2D eigenvalue weighted by Gasteiger charge is 2.51. The lowest BCUT2D eigenvalue weighted by molar-refractivity contribution is -0.352. The molecule has 2 fully saturated rings. The van der Waals surface area contributed by atoms with Crippen molar-refractivity contribution in [3.63, 3.8) is 0 Å². The maximum atomic E-state index is 13.2. The molecule has 3 heterocycles. The van der Waals surface area contributed by atoms with Crippen molar-refractivity contribution in [3.8, 4) is 17.2 Å². The molecule has 15 nitrogen and oxygen atoms in total. The molecule has 0 saturated carbocycles. The van der Waals surface area contributed by atoms with Crippen molar-refractivity contribution >= 4 is 5.78 Å². The first kappa shape index (κ1) is 30.5. The normalized spacial score (nSPS) is 38.4. The van der Waals surface area contributed by atoms with Gasteiger partial charge in [-0.05, 0) is 5.56 Å². The number of ketones is 1. The Labute approximate surface area is 238 Å². The second-order valence-electron chi connectivity index (χ2n) is 10.2. The Morgan fingerprint density at radius 1 is 0.762 bits per heavy atom. The van der Waals surface area contributed by atoms with E-state index in [2.05, 4.69) is 0 Å². The summed E-state index contributed by atoms with van der Waals surface area (Å²) in [7, 11) is 0. The number of phenols is 1. The quantitative estimate of drug-likeness (QED) is 0.155. The van der Waals surface area contributed by atoms with Gasteiger partial charge in [-0.1, -0.05) is 30.3 Å². The van der Waals surface area contributed by atoms with Gasteiger partial charge in [0, 0.05) is 12.1 Å². The zero-order valence-corrected chi connectivity index (χ0v) is 21.9. The minimum absolute atomic E-state index is 0.123. The number of carbonyl (C=O) groups excluding carboxylic acids is 1. The van der Waals surface area contributed by atoms with E-state index in [1.54, 1.807) is 30.3 Å². The number of ether oxygens (including phenoxy) is 5. The fourth-order valence-electron chi connectivity index (χ4n) is 5.16. The van der Waals surface area contributed by atoms with Crippen molar-refractivity contribution in [2.75, 3.05) is 13.2 Å². The van der Waals surface area contributed by atoms with Gasteiger partial charge in [0.15, 0.2) is 18.5 Å². The molecule has 0 bridgehead atoms. The first-order chi connectivity index (χ1) is 20.0. The van der Waals surface area contributed by atoms with Crippen LogP contribution in [0.4, 0.5) is 0 Å². The van der Waals surface area contributed by atoms with E-state index in [1.165, 1.54) is 0 Å². The Balaban J connectivity index is 1.36. The van der Waals surface area contributed by atoms with Crippen LogP contribution in [0.2, 0.25) is 0 Å². The van der Waals surface area contributed by atoms with Crippen LogP contribution in [0.1, 0.15) is 22.0 Å². The summed E-state index contributed by atoms with van der Waals surface area (Å²) in [6.07, 6.45) is -19.6. The minimum Gasteiger partial charge on any atom is -0.508 e. The second-order valence-corrected chi connectivity index (χ2v) is 10.2. The molecule has 230 valence electrons. The van der Waals surface area contributed by atoms with Crippen LogP contribution >= 0.6 is 0 Å². The minimum atomic E-state index is -1.91. The van der Waals surface area contributed by atoms with Gasteiger partial charge < -0.3 is 69.6 Å².